The monoisotopic (exact) mass is 450 g/mol. The zero-order chi connectivity index (χ0) is 21.0. The Morgan fingerprint density at radius 2 is 1.65 bits per heavy atom. The number of halogens is 1. The van der Waals surface area contributed by atoms with Gasteiger partial charge < -0.3 is 4.74 Å². The molecule has 1 fully saturated rings. The molecule has 0 bridgehead atoms. The molecular weight excluding hydrogens is 424 g/mol. The molecule has 1 saturated heterocycles. The molecule has 0 amide bonds. The van der Waals surface area contributed by atoms with Gasteiger partial charge in [0.2, 0.25) is 0 Å². The van der Waals surface area contributed by atoms with Gasteiger partial charge in [-0.05, 0) is 53.9 Å². The first-order valence-electron chi connectivity index (χ1n) is 11.0. The fourth-order valence-corrected chi connectivity index (χ4v) is 5.84. The molecule has 5 rings (SSSR count). The second-order valence-corrected chi connectivity index (χ2v) is 9.67. The first-order valence-corrected chi connectivity index (χ1v) is 12.2. The van der Waals surface area contributed by atoms with Gasteiger partial charge in [0.1, 0.15) is 12.4 Å². The molecule has 0 aromatic heterocycles. The van der Waals surface area contributed by atoms with Gasteiger partial charge in [-0.1, -0.05) is 59.8 Å². The smallest absolute Gasteiger partial charge is 0.119 e. The second-order valence-electron chi connectivity index (χ2n) is 8.15. The molecule has 0 aliphatic carbocycles. The number of fused-ring (bicyclic) bond motifs is 2. The Balaban J connectivity index is 1.25. The summed E-state index contributed by atoms with van der Waals surface area (Å²) in [7, 11) is 0. The minimum atomic E-state index is 0.395. The molecule has 5 heteroatoms. The van der Waals surface area contributed by atoms with Gasteiger partial charge in [0.05, 0.1) is 0 Å². The van der Waals surface area contributed by atoms with Gasteiger partial charge in [0.15, 0.2) is 0 Å². The molecule has 31 heavy (non-hydrogen) atoms. The van der Waals surface area contributed by atoms with E-state index in [1.807, 2.05) is 48.2 Å². The first-order chi connectivity index (χ1) is 15.3. The number of nitrogens with zero attached hydrogens (tertiary/aromatic N) is 2. The Hall–Kier alpha value is -1.98. The van der Waals surface area contributed by atoms with Crippen molar-refractivity contribution in [3.05, 3.63) is 88.9 Å². The third-order valence-corrected chi connectivity index (χ3v) is 7.65. The van der Waals surface area contributed by atoms with Crippen LogP contribution in [0.5, 0.6) is 5.75 Å². The molecule has 3 aromatic carbocycles. The summed E-state index contributed by atoms with van der Waals surface area (Å²) < 4.78 is 5.89. The van der Waals surface area contributed by atoms with Crippen LogP contribution in [0.15, 0.2) is 82.6 Å². The predicted molar refractivity (Wildman–Crippen MR) is 128 cm³/mol. The van der Waals surface area contributed by atoms with Gasteiger partial charge >= 0.3 is 0 Å². The van der Waals surface area contributed by atoms with Crippen molar-refractivity contribution in [2.24, 2.45) is 0 Å². The summed E-state index contributed by atoms with van der Waals surface area (Å²) >= 11 is 8.22. The summed E-state index contributed by atoms with van der Waals surface area (Å²) in [5, 5.41) is 0.826. The third kappa shape index (κ3) is 4.93. The van der Waals surface area contributed by atoms with E-state index in [0.717, 1.165) is 56.5 Å². The van der Waals surface area contributed by atoms with Gasteiger partial charge in [-0.3, -0.25) is 9.80 Å². The largest absolute Gasteiger partial charge is 0.492 e. The van der Waals surface area contributed by atoms with Crippen LogP contribution in [0.25, 0.3) is 0 Å². The summed E-state index contributed by atoms with van der Waals surface area (Å²) in [5.41, 5.74) is 2.80. The molecule has 1 atom stereocenters. The van der Waals surface area contributed by atoms with Crippen molar-refractivity contribution in [1.82, 2.24) is 9.80 Å². The van der Waals surface area contributed by atoms with Crippen molar-refractivity contribution in [1.29, 1.82) is 0 Å². The predicted octanol–water partition coefficient (Wildman–Crippen LogP) is 5.79. The standard InChI is InChI=1S/C26H27ClN2OS/c27-21-10-11-25-20(18-21)19-24(23-8-4-5-9-26(23)31-25)29-14-12-28(13-15-29)16-17-30-22-6-2-1-3-7-22/h1-11,18,24H,12-17,19H2. The van der Waals surface area contributed by atoms with Crippen LogP contribution in [0, 0.1) is 0 Å². The minimum Gasteiger partial charge on any atom is -0.492 e. The lowest BCUT2D eigenvalue weighted by Crippen LogP contribution is -2.49. The highest BCUT2D eigenvalue weighted by Crippen LogP contribution is 2.43. The van der Waals surface area contributed by atoms with Crippen LogP contribution in [-0.4, -0.2) is 49.1 Å². The summed E-state index contributed by atoms with van der Waals surface area (Å²) in [6.45, 7) is 6.01. The van der Waals surface area contributed by atoms with Crippen molar-refractivity contribution in [2.75, 3.05) is 39.3 Å². The van der Waals surface area contributed by atoms with Crippen molar-refractivity contribution >= 4 is 23.4 Å². The molecular formula is C26H27ClN2OS. The van der Waals surface area contributed by atoms with Crippen LogP contribution in [-0.2, 0) is 6.42 Å². The fourth-order valence-electron chi connectivity index (χ4n) is 4.53. The van der Waals surface area contributed by atoms with Crippen LogP contribution in [0.3, 0.4) is 0 Å². The Labute approximate surface area is 194 Å². The highest BCUT2D eigenvalue weighted by atomic mass is 35.5. The SMILES string of the molecule is Clc1ccc2c(c1)CC(N1CCN(CCOc3ccccc3)CC1)c1ccccc1S2. The van der Waals surface area contributed by atoms with Gasteiger partial charge in [0, 0.05) is 53.6 Å². The molecule has 160 valence electrons. The van der Waals surface area contributed by atoms with E-state index in [9.17, 15) is 0 Å². The summed E-state index contributed by atoms with van der Waals surface area (Å²) in [4.78, 5) is 7.87. The van der Waals surface area contributed by atoms with Crippen molar-refractivity contribution < 1.29 is 4.74 Å². The quantitative estimate of drug-likeness (QED) is 0.489. The Bertz CT molecular complexity index is 1020. The number of piperazine rings is 1. The maximum atomic E-state index is 6.35. The average Bonchev–Trinajstić information content (AvgIpc) is 2.97. The molecule has 2 aliphatic heterocycles. The van der Waals surface area contributed by atoms with Crippen LogP contribution < -0.4 is 4.74 Å². The van der Waals surface area contributed by atoms with Crippen molar-refractivity contribution in [2.45, 2.75) is 22.3 Å². The van der Waals surface area contributed by atoms with E-state index in [-0.39, 0.29) is 0 Å². The normalized spacial score (nSPS) is 19.3. The number of ether oxygens (including phenoxy) is 1. The second kappa shape index (κ2) is 9.66. The molecule has 0 N–H and O–H groups in total. The van der Waals surface area contributed by atoms with Gasteiger partial charge in [-0.25, -0.2) is 0 Å². The van der Waals surface area contributed by atoms with Crippen LogP contribution >= 0.6 is 23.4 Å². The van der Waals surface area contributed by atoms with E-state index < -0.39 is 0 Å². The van der Waals surface area contributed by atoms with Crippen LogP contribution in [0.4, 0.5) is 0 Å². The van der Waals surface area contributed by atoms with Gasteiger partial charge in [-0.2, -0.15) is 0 Å². The fraction of sp³-hybridized carbons (Fsp3) is 0.308. The minimum absolute atomic E-state index is 0.395. The molecule has 0 saturated carbocycles. The lowest BCUT2D eigenvalue weighted by atomic mass is 9.96. The summed E-state index contributed by atoms with van der Waals surface area (Å²) in [6, 6.07) is 25.7. The maximum absolute atomic E-state index is 6.35. The Morgan fingerprint density at radius 3 is 2.48 bits per heavy atom. The van der Waals surface area contributed by atoms with E-state index in [4.69, 9.17) is 16.3 Å². The van der Waals surface area contributed by atoms with Gasteiger partial charge in [-0.15, -0.1) is 0 Å². The maximum Gasteiger partial charge on any atom is 0.119 e. The zero-order valence-electron chi connectivity index (χ0n) is 17.5. The van der Waals surface area contributed by atoms with Crippen LogP contribution in [0.1, 0.15) is 17.2 Å². The Morgan fingerprint density at radius 1 is 0.871 bits per heavy atom. The van der Waals surface area contributed by atoms with Gasteiger partial charge in [0.25, 0.3) is 0 Å². The lowest BCUT2D eigenvalue weighted by molar-refractivity contribution is 0.0850. The lowest BCUT2D eigenvalue weighted by Gasteiger charge is -2.39. The third-order valence-electron chi connectivity index (χ3n) is 6.20. The van der Waals surface area contributed by atoms with E-state index >= 15 is 0 Å². The van der Waals surface area contributed by atoms with E-state index in [0.29, 0.717) is 6.04 Å². The van der Waals surface area contributed by atoms with Crippen molar-refractivity contribution in [3.63, 3.8) is 0 Å². The molecule has 0 radical (unpaired) electrons. The number of hydrogen-bond donors (Lipinski definition) is 0. The molecule has 2 heterocycles. The van der Waals surface area contributed by atoms with E-state index in [1.54, 1.807) is 0 Å². The number of para-hydroxylation sites is 1. The van der Waals surface area contributed by atoms with E-state index in [1.165, 1.54) is 20.9 Å². The molecule has 2 aliphatic rings. The number of benzene rings is 3. The number of rotatable bonds is 5. The molecule has 3 aromatic rings. The summed E-state index contributed by atoms with van der Waals surface area (Å²) in [6.07, 6.45) is 1.01. The van der Waals surface area contributed by atoms with Crippen molar-refractivity contribution in [3.8, 4) is 5.75 Å². The molecule has 1 unspecified atom stereocenters. The zero-order valence-corrected chi connectivity index (χ0v) is 19.1. The first kappa shape index (κ1) is 20.9. The van der Waals surface area contributed by atoms with E-state index in [2.05, 4.69) is 46.2 Å². The average molecular weight is 451 g/mol. The topological polar surface area (TPSA) is 15.7 Å². The molecule has 3 nitrogen and oxygen atoms in total. The highest BCUT2D eigenvalue weighted by molar-refractivity contribution is 7.99. The van der Waals surface area contributed by atoms with Crippen LogP contribution in [0.2, 0.25) is 5.02 Å². The Kier molecular flexibility index (Phi) is 6.51. The number of hydrogen-bond acceptors (Lipinski definition) is 4. The summed E-state index contributed by atoms with van der Waals surface area (Å²) in [5.74, 6) is 0.950. The molecule has 0 spiro atoms. The highest BCUT2D eigenvalue weighted by Gasteiger charge is 2.29.